The molecule has 0 bridgehead atoms. The lowest BCUT2D eigenvalue weighted by atomic mass is 9.94. The highest BCUT2D eigenvalue weighted by atomic mass is 32.1. The number of nitrogens with one attached hydrogen (secondary N) is 1. The second kappa shape index (κ2) is 5.82. The number of methoxy groups -OCH3 is 1. The molecule has 2 aromatic heterocycles. The minimum atomic E-state index is 0.825. The Morgan fingerprint density at radius 2 is 1.88 bits per heavy atom. The van der Waals surface area contributed by atoms with Crippen LogP contribution in [0.4, 0.5) is 10.3 Å². The van der Waals surface area contributed by atoms with Crippen LogP contribution >= 0.6 is 22.7 Å². The molecule has 4 nitrogen and oxygen atoms in total. The minimum absolute atomic E-state index is 0.825. The number of hydrogen-bond acceptors (Lipinski definition) is 6. The lowest BCUT2D eigenvalue weighted by Gasteiger charge is -2.13. The maximum absolute atomic E-state index is 5.27. The Bertz CT molecular complexity index is 1080. The average molecular weight is 365 g/mol. The molecular weight excluding hydrogens is 350 g/mol. The molecule has 0 spiro atoms. The number of aromatic nitrogens is 2. The Labute approximate surface area is 153 Å². The quantitative estimate of drug-likeness (QED) is 0.537. The summed E-state index contributed by atoms with van der Waals surface area (Å²) in [4.78, 5) is 10.9. The molecular formula is C19H15N3OS2. The molecule has 124 valence electrons. The summed E-state index contributed by atoms with van der Waals surface area (Å²) in [5.74, 6) is 0.825. The number of aryl methyl sites for hydroxylation is 2. The molecule has 2 heterocycles. The van der Waals surface area contributed by atoms with Gasteiger partial charge in [0.05, 0.1) is 23.0 Å². The van der Waals surface area contributed by atoms with Crippen LogP contribution in [0.3, 0.4) is 0 Å². The minimum Gasteiger partial charge on any atom is -0.497 e. The molecule has 4 aromatic rings. The van der Waals surface area contributed by atoms with Crippen molar-refractivity contribution in [3.63, 3.8) is 0 Å². The average Bonchev–Trinajstić information content (AvgIpc) is 3.24. The normalized spacial score (nSPS) is 12.7. The van der Waals surface area contributed by atoms with Gasteiger partial charge < -0.3 is 10.1 Å². The zero-order chi connectivity index (χ0) is 16.8. The smallest absolute Gasteiger partial charge is 0.190 e. The molecule has 0 radical (unpaired) electrons. The van der Waals surface area contributed by atoms with Crippen molar-refractivity contribution in [2.24, 2.45) is 0 Å². The van der Waals surface area contributed by atoms with Crippen LogP contribution in [0.5, 0.6) is 5.75 Å². The lowest BCUT2D eigenvalue weighted by Crippen LogP contribution is -2.01. The third-order valence-electron chi connectivity index (χ3n) is 4.40. The number of fused-ring (bicyclic) bond motifs is 4. The van der Waals surface area contributed by atoms with Crippen molar-refractivity contribution in [2.45, 2.75) is 12.8 Å². The number of rotatable bonds is 3. The van der Waals surface area contributed by atoms with Gasteiger partial charge in [0.15, 0.2) is 10.3 Å². The second-order valence-electron chi connectivity index (χ2n) is 5.93. The topological polar surface area (TPSA) is 47.0 Å². The molecule has 0 unspecified atom stereocenters. The van der Waals surface area contributed by atoms with Crippen LogP contribution in [0.1, 0.15) is 10.4 Å². The zero-order valence-electron chi connectivity index (χ0n) is 13.6. The first kappa shape index (κ1) is 14.9. The second-order valence-corrected chi connectivity index (χ2v) is 8.04. The van der Waals surface area contributed by atoms with E-state index < -0.39 is 0 Å². The van der Waals surface area contributed by atoms with Gasteiger partial charge in [0.1, 0.15) is 5.75 Å². The maximum atomic E-state index is 5.27. The summed E-state index contributed by atoms with van der Waals surface area (Å²) in [5.41, 5.74) is 4.72. The summed E-state index contributed by atoms with van der Waals surface area (Å²) in [5, 5.41) is 5.17. The first-order valence-corrected chi connectivity index (χ1v) is 9.73. The first-order chi connectivity index (χ1) is 12.3. The lowest BCUT2D eigenvalue weighted by molar-refractivity contribution is 0.415. The van der Waals surface area contributed by atoms with Gasteiger partial charge in [-0.3, -0.25) is 0 Å². The van der Waals surface area contributed by atoms with Crippen LogP contribution in [0, 0.1) is 0 Å². The van der Waals surface area contributed by atoms with Gasteiger partial charge in [0.2, 0.25) is 0 Å². The third-order valence-corrected chi connectivity index (χ3v) is 6.38. The van der Waals surface area contributed by atoms with E-state index in [0.29, 0.717) is 0 Å². The third kappa shape index (κ3) is 2.58. The number of nitrogens with zero attached hydrogens (tertiary/aromatic N) is 2. The van der Waals surface area contributed by atoms with E-state index in [0.717, 1.165) is 44.8 Å². The Kier molecular flexibility index (Phi) is 3.46. The van der Waals surface area contributed by atoms with Crippen LogP contribution in [0.2, 0.25) is 0 Å². The van der Waals surface area contributed by atoms with Crippen LogP contribution in [-0.4, -0.2) is 17.1 Å². The summed E-state index contributed by atoms with van der Waals surface area (Å²) in [6, 6.07) is 14.5. The van der Waals surface area contributed by atoms with Gasteiger partial charge in [-0.1, -0.05) is 35.6 Å². The van der Waals surface area contributed by atoms with Gasteiger partial charge in [-0.15, -0.1) is 11.3 Å². The number of hydrogen-bond donors (Lipinski definition) is 1. The van der Waals surface area contributed by atoms with Crippen molar-refractivity contribution in [3.8, 4) is 17.0 Å². The molecule has 1 aliphatic rings. The van der Waals surface area contributed by atoms with Crippen molar-refractivity contribution < 1.29 is 4.74 Å². The molecule has 5 rings (SSSR count). The molecule has 0 amide bonds. The molecule has 1 aliphatic carbocycles. The van der Waals surface area contributed by atoms with E-state index in [1.165, 1.54) is 16.0 Å². The molecule has 25 heavy (non-hydrogen) atoms. The van der Waals surface area contributed by atoms with Gasteiger partial charge in [0, 0.05) is 16.5 Å². The Balaban J connectivity index is 1.49. The van der Waals surface area contributed by atoms with E-state index in [1.54, 1.807) is 29.8 Å². The standard InChI is InChI=1S/C19H15N3OS2/c1-23-12-7-9-15-14(10-12)20-18(24-15)22-19-21-17-13-5-3-2-4-11(13)6-8-16(17)25-19/h2-5,7,9-10H,6,8H2,1H3,(H,20,21,22). The number of benzene rings is 2. The maximum Gasteiger partial charge on any atom is 0.190 e. The number of ether oxygens (including phenoxy) is 1. The summed E-state index contributed by atoms with van der Waals surface area (Å²) in [6.45, 7) is 0. The van der Waals surface area contributed by atoms with Crippen molar-refractivity contribution in [1.82, 2.24) is 9.97 Å². The molecule has 1 N–H and O–H groups in total. The molecule has 6 heteroatoms. The van der Waals surface area contributed by atoms with E-state index in [4.69, 9.17) is 9.72 Å². The predicted molar refractivity (Wildman–Crippen MR) is 104 cm³/mol. The first-order valence-electron chi connectivity index (χ1n) is 8.10. The van der Waals surface area contributed by atoms with Crippen molar-refractivity contribution in [2.75, 3.05) is 12.4 Å². The predicted octanol–water partition coefficient (Wildman–Crippen LogP) is 5.27. The van der Waals surface area contributed by atoms with Gasteiger partial charge in [-0.25, -0.2) is 9.97 Å². The zero-order valence-corrected chi connectivity index (χ0v) is 15.2. The highest BCUT2D eigenvalue weighted by Crippen LogP contribution is 2.39. The summed E-state index contributed by atoms with van der Waals surface area (Å²) >= 11 is 3.36. The summed E-state index contributed by atoms with van der Waals surface area (Å²) < 4.78 is 6.41. The van der Waals surface area contributed by atoms with Gasteiger partial charge in [0.25, 0.3) is 0 Å². The van der Waals surface area contributed by atoms with E-state index in [1.807, 2.05) is 18.2 Å². The van der Waals surface area contributed by atoms with E-state index in [9.17, 15) is 0 Å². The fraction of sp³-hybridized carbons (Fsp3) is 0.158. The van der Waals surface area contributed by atoms with Crippen molar-refractivity contribution in [3.05, 3.63) is 52.9 Å². The monoisotopic (exact) mass is 365 g/mol. The largest absolute Gasteiger partial charge is 0.497 e. The van der Waals surface area contributed by atoms with E-state index in [2.05, 4.69) is 34.6 Å². The summed E-state index contributed by atoms with van der Waals surface area (Å²) in [6.07, 6.45) is 2.15. The Morgan fingerprint density at radius 3 is 2.80 bits per heavy atom. The molecule has 0 fully saturated rings. The number of anilines is 2. The van der Waals surface area contributed by atoms with Gasteiger partial charge in [-0.05, 0) is 30.5 Å². The Morgan fingerprint density at radius 1 is 1.00 bits per heavy atom. The highest BCUT2D eigenvalue weighted by molar-refractivity contribution is 7.22. The van der Waals surface area contributed by atoms with E-state index in [-0.39, 0.29) is 0 Å². The van der Waals surface area contributed by atoms with E-state index >= 15 is 0 Å². The number of thiazole rings is 2. The van der Waals surface area contributed by atoms with Gasteiger partial charge in [-0.2, -0.15) is 0 Å². The van der Waals surface area contributed by atoms with Crippen LogP contribution < -0.4 is 10.1 Å². The molecule has 2 aromatic carbocycles. The molecule has 0 saturated heterocycles. The van der Waals surface area contributed by atoms with Crippen LogP contribution in [0.25, 0.3) is 21.5 Å². The fourth-order valence-corrected chi connectivity index (χ4v) is 5.07. The molecule has 0 aliphatic heterocycles. The fourth-order valence-electron chi connectivity index (χ4n) is 3.18. The highest BCUT2D eigenvalue weighted by Gasteiger charge is 2.20. The SMILES string of the molecule is COc1ccc2sc(Nc3nc4c(s3)CCc3ccccc3-4)nc2c1. The molecule has 0 saturated carbocycles. The van der Waals surface area contributed by atoms with Crippen LogP contribution in [0.15, 0.2) is 42.5 Å². The Hall–Kier alpha value is -2.44. The van der Waals surface area contributed by atoms with Crippen molar-refractivity contribution >= 4 is 43.2 Å². The summed E-state index contributed by atoms with van der Waals surface area (Å²) in [7, 11) is 1.67. The van der Waals surface area contributed by atoms with Gasteiger partial charge >= 0.3 is 0 Å². The van der Waals surface area contributed by atoms with Crippen LogP contribution in [-0.2, 0) is 12.8 Å². The van der Waals surface area contributed by atoms with Crippen molar-refractivity contribution in [1.29, 1.82) is 0 Å². The molecule has 0 atom stereocenters.